The zero-order valence-corrected chi connectivity index (χ0v) is 12.4. The fourth-order valence-electron chi connectivity index (χ4n) is 2.58. The minimum atomic E-state index is 0.686. The van der Waals surface area contributed by atoms with Gasteiger partial charge in [-0.2, -0.15) is 0 Å². The number of hydrogen-bond donors (Lipinski definition) is 1. The van der Waals surface area contributed by atoms with Crippen molar-refractivity contribution in [1.29, 1.82) is 0 Å². The van der Waals surface area contributed by atoms with Crippen molar-refractivity contribution >= 4 is 11.3 Å². The Morgan fingerprint density at radius 1 is 1.56 bits per heavy atom. The van der Waals surface area contributed by atoms with Crippen LogP contribution in [0.3, 0.4) is 0 Å². The van der Waals surface area contributed by atoms with Gasteiger partial charge in [0.15, 0.2) is 0 Å². The van der Waals surface area contributed by atoms with Gasteiger partial charge in [-0.15, -0.1) is 11.3 Å². The summed E-state index contributed by atoms with van der Waals surface area (Å²) in [5.41, 5.74) is 5.54. The van der Waals surface area contributed by atoms with Gasteiger partial charge in [0.25, 0.3) is 0 Å². The highest BCUT2D eigenvalue weighted by Gasteiger charge is 2.24. The Hall–Kier alpha value is -0.450. The maximum Gasteiger partial charge on any atom is 0.0930 e. The average Bonchev–Trinajstić information content (AvgIpc) is 2.96. The van der Waals surface area contributed by atoms with Crippen LogP contribution in [-0.4, -0.2) is 35.6 Å². The predicted octanol–water partition coefficient (Wildman–Crippen LogP) is 2.31. The highest BCUT2D eigenvalue weighted by molar-refractivity contribution is 7.11. The van der Waals surface area contributed by atoms with Gasteiger partial charge in [0, 0.05) is 30.1 Å². The molecular formula is C14H25N3S. The van der Waals surface area contributed by atoms with Crippen LogP contribution in [0.25, 0.3) is 0 Å². The molecule has 2 rings (SSSR count). The lowest BCUT2D eigenvalue weighted by Gasteiger charge is -2.19. The molecule has 102 valence electrons. The van der Waals surface area contributed by atoms with Crippen LogP contribution >= 0.6 is 11.3 Å². The first kappa shape index (κ1) is 14.0. The second-order valence-electron chi connectivity index (χ2n) is 5.56. The van der Waals surface area contributed by atoms with Crippen LogP contribution in [0.1, 0.15) is 36.6 Å². The Balaban J connectivity index is 1.81. The van der Waals surface area contributed by atoms with Gasteiger partial charge in [-0.3, -0.25) is 0 Å². The largest absolute Gasteiger partial charge is 0.330 e. The zero-order chi connectivity index (χ0) is 13.0. The molecule has 1 aromatic heterocycles. The molecule has 0 aliphatic carbocycles. The van der Waals surface area contributed by atoms with Crippen molar-refractivity contribution in [3.63, 3.8) is 0 Å². The molecule has 1 aliphatic rings. The monoisotopic (exact) mass is 267 g/mol. The van der Waals surface area contributed by atoms with E-state index in [0.717, 1.165) is 31.7 Å². The van der Waals surface area contributed by atoms with Crippen LogP contribution in [-0.2, 0) is 12.8 Å². The summed E-state index contributed by atoms with van der Waals surface area (Å²) in [4.78, 5) is 8.54. The Labute approximate surface area is 114 Å². The molecule has 1 atom stereocenters. The van der Waals surface area contributed by atoms with Crippen molar-refractivity contribution in [2.45, 2.75) is 45.6 Å². The van der Waals surface area contributed by atoms with Crippen LogP contribution in [0.15, 0.2) is 6.20 Å². The summed E-state index contributed by atoms with van der Waals surface area (Å²) in [6, 6.07) is 0.686. The van der Waals surface area contributed by atoms with Crippen molar-refractivity contribution in [3.05, 3.63) is 16.1 Å². The minimum absolute atomic E-state index is 0.686. The molecule has 4 heteroatoms. The standard InChI is InChI=1S/C14H25N3S/c1-11(2)17-7-5-12(10-17)8-14-16-9-13(18-14)4-3-6-15/h9,11-12H,3-8,10,15H2,1-2H3. The summed E-state index contributed by atoms with van der Waals surface area (Å²) in [6.07, 6.45) is 6.71. The number of rotatable bonds is 6. The van der Waals surface area contributed by atoms with Crippen molar-refractivity contribution < 1.29 is 0 Å². The Kier molecular flexibility index (Phi) is 5.15. The molecule has 0 amide bonds. The van der Waals surface area contributed by atoms with Crippen LogP contribution in [0.5, 0.6) is 0 Å². The van der Waals surface area contributed by atoms with E-state index in [4.69, 9.17) is 5.73 Å². The number of likely N-dealkylation sites (tertiary alicyclic amines) is 1. The van der Waals surface area contributed by atoms with E-state index >= 15 is 0 Å². The van der Waals surface area contributed by atoms with Crippen molar-refractivity contribution in [2.24, 2.45) is 11.7 Å². The Morgan fingerprint density at radius 3 is 3.06 bits per heavy atom. The minimum Gasteiger partial charge on any atom is -0.330 e. The molecular weight excluding hydrogens is 242 g/mol. The average molecular weight is 267 g/mol. The van der Waals surface area contributed by atoms with E-state index in [1.165, 1.54) is 29.4 Å². The van der Waals surface area contributed by atoms with Crippen LogP contribution in [0.4, 0.5) is 0 Å². The van der Waals surface area contributed by atoms with E-state index in [0.29, 0.717) is 6.04 Å². The van der Waals surface area contributed by atoms with Gasteiger partial charge in [0.2, 0.25) is 0 Å². The molecule has 0 radical (unpaired) electrons. The first-order chi connectivity index (χ1) is 8.69. The molecule has 3 nitrogen and oxygen atoms in total. The third-order valence-corrected chi connectivity index (χ3v) is 4.82. The summed E-state index contributed by atoms with van der Waals surface area (Å²) in [6.45, 7) is 7.86. The van der Waals surface area contributed by atoms with Crippen LogP contribution in [0, 0.1) is 5.92 Å². The number of nitrogens with two attached hydrogens (primary N) is 1. The summed E-state index contributed by atoms with van der Waals surface area (Å²) >= 11 is 1.88. The van der Waals surface area contributed by atoms with Crippen molar-refractivity contribution in [3.8, 4) is 0 Å². The van der Waals surface area contributed by atoms with Gasteiger partial charge in [-0.1, -0.05) is 0 Å². The molecule has 1 fully saturated rings. The van der Waals surface area contributed by atoms with E-state index in [2.05, 4.69) is 23.7 Å². The van der Waals surface area contributed by atoms with Gasteiger partial charge < -0.3 is 10.6 Å². The smallest absolute Gasteiger partial charge is 0.0930 e. The molecule has 0 saturated carbocycles. The first-order valence-corrected chi connectivity index (χ1v) is 7.88. The summed E-state index contributed by atoms with van der Waals surface area (Å²) < 4.78 is 0. The normalized spacial score (nSPS) is 21.0. The summed E-state index contributed by atoms with van der Waals surface area (Å²) in [7, 11) is 0. The van der Waals surface area contributed by atoms with Crippen LogP contribution < -0.4 is 5.73 Å². The molecule has 1 unspecified atom stereocenters. The van der Waals surface area contributed by atoms with Gasteiger partial charge in [-0.25, -0.2) is 4.98 Å². The Bertz CT molecular complexity index is 362. The third-order valence-electron chi connectivity index (χ3n) is 3.74. The van der Waals surface area contributed by atoms with E-state index in [1.54, 1.807) is 0 Å². The summed E-state index contributed by atoms with van der Waals surface area (Å²) in [5.74, 6) is 0.806. The zero-order valence-electron chi connectivity index (χ0n) is 11.6. The lowest BCUT2D eigenvalue weighted by molar-refractivity contribution is 0.265. The van der Waals surface area contributed by atoms with Crippen molar-refractivity contribution in [2.75, 3.05) is 19.6 Å². The van der Waals surface area contributed by atoms with E-state index in [-0.39, 0.29) is 0 Å². The third kappa shape index (κ3) is 3.77. The number of hydrogen-bond acceptors (Lipinski definition) is 4. The first-order valence-electron chi connectivity index (χ1n) is 7.06. The maximum absolute atomic E-state index is 5.54. The molecule has 1 aliphatic heterocycles. The molecule has 0 bridgehead atoms. The van der Waals surface area contributed by atoms with E-state index in [1.807, 2.05) is 17.5 Å². The Morgan fingerprint density at radius 2 is 2.39 bits per heavy atom. The molecule has 1 saturated heterocycles. The number of nitrogens with zero attached hydrogens (tertiary/aromatic N) is 2. The van der Waals surface area contributed by atoms with Gasteiger partial charge in [0.05, 0.1) is 5.01 Å². The molecule has 0 spiro atoms. The summed E-state index contributed by atoms with van der Waals surface area (Å²) in [5, 5.41) is 1.32. The highest BCUT2D eigenvalue weighted by Crippen LogP contribution is 2.24. The second kappa shape index (κ2) is 6.64. The van der Waals surface area contributed by atoms with Crippen LogP contribution in [0.2, 0.25) is 0 Å². The number of thiazole rings is 1. The lowest BCUT2D eigenvalue weighted by Crippen LogP contribution is -2.28. The van der Waals surface area contributed by atoms with E-state index in [9.17, 15) is 0 Å². The molecule has 2 N–H and O–H groups in total. The predicted molar refractivity (Wildman–Crippen MR) is 78.0 cm³/mol. The molecule has 18 heavy (non-hydrogen) atoms. The molecule has 1 aromatic rings. The fourth-order valence-corrected chi connectivity index (χ4v) is 3.66. The molecule has 2 heterocycles. The quantitative estimate of drug-likeness (QED) is 0.860. The lowest BCUT2D eigenvalue weighted by atomic mass is 10.1. The van der Waals surface area contributed by atoms with Crippen molar-refractivity contribution in [1.82, 2.24) is 9.88 Å². The topological polar surface area (TPSA) is 42.2 Å². The van der Waals surface area contributed by atoms with E-state index < -0.39 is 0 Å². The highest BCUT2D eigenvalue weighted by atomic mass is 32.1. The van der Waals surface area contributed by atoms with Gasteiger partial charge in [0.1, 0.15) is 0 Å². The molecule has 0 aromatic carbocycles. The number of aromatic nitrogens is 1. The fraction of sp³-hybridized carbons (Fsp3) is 0.786. The SMILES string of the molecule is CC(C)N1CCC(Cc2ncc(CCCN)s2)C1. The number of aryl methyl sites for hydroxylation is 1. The second-order valence-corrected chi connectivity index (χ2v) is 6.76. The van der Waals surface area contributed by atoms with Gasteiger partial charge >= 0.3 is 0 Å². The van der Waals surface area contributed by atoms with Gasteiger partial charge in [-0.05, 0) is 52.1 Å². The maximum atomic E-state index is 5.54.